The van der Waals surface area contributed by atoms with Gasteiger partial charge in [0.05, 0.1) is 17.3 Å². The molecule has 3 heterocycles. The van der Waals surface area contributed by atoms with Crippen LogP contribution in [-0.4, -0.2) is 25.8 Å². The zero-order valence-corrected chi connectivity index (χ0v) is 12.2. The lowest BCUT2D eigenvalue weighted by atomic mass is 9.96. The van der Waals surface area contributed by atoms with E-state index in [1.165, 1.54) is 0 Å². The minimum absolute atomic E-state index is 0.247. The van der Waals surface area contributed by atoms with Crippen LogP contribution in [0.5, 0.6) is 0 Å². The largest absolute Gasteiger partial charge is 0.360 e. The number of hydrogen-bond acceptors (Lipinski definition) is 5. The van der Waals surface area contributed by atoms with Crippen molar-refractivity contribution in [3.05, 3.63) is 35.5 Å². The number of aromatic nitrogens is 4. The van der Waals surface area contributed by atoms with Gasteiger partial charge in [-0.15, -0.1) is 0 Å². The van der Waals surface area contributed by atoms with Crippen molar-refractivity contribution in [1.82, 2.24) is 19.9 Å². The van der Waals surface area contributed by atoms with Gasteiger partial charge in [0.2, 0.25) is 0 Å². The van der Waals surface area contributed by atoms with E-state index in [1.807, 2.05) is 7.05 Å². The molecule has 112 valence electrons. The molecule has 1 aliphatic rings. The lowest BCUT2D eigenvalue weighted by Gasteiger charge is -2.09. The zero-order valence-electron chi connectivity index (χ0n) is 12.2. The average molecular weight is 297 g/mol. The highest BCUT2D eigenvalue weighted by Gasteiger charge is 2.24. The lowest BCUT2D eigenvalue weighted by molar-refractivity contribution is 0.101. The van der Waals surface area contributed by atoms with E-state index in [-0.39, 0.29) is 5.91 Å². The highest BCUT2D eigenvalue weighted by atomic mass is 16.5. The molecule has 0 aliphatic heterocycles. The highest BCUT2D eigenvalue weighted by Crippen LogP contribution is 2.26. The Morgan fingerprint density at radius 1 is 1.36 bits per heavy atom. The third-order valence-corrected chi connectivity index (χ3v) is 4.05. The Bertz CT molecular complexity index is 864. The van der Waals surface area contributed by atoms with E-state index >= 15 is 0 Å². The molecule has 7 nitrogen and oxygen atoms in total. The van der Waals surface area contributed by atoms with Crippen molar-refractivity contribution in [3.63, 3.8) is 0 Å². The fourth-order valence-corrected chi connectivity index (χ4v) is 2.90. The van der Waals surface area contributed by atoms with Crippen LogP contribution >= 0.6 is 0 Å². The summed E-state index contributed by atoms with van der Waals surface area (Å²) in [7, 11) is 1.81. The van der Waals surface area contributed by atoms with Crippen LogP contribution in [0.2, 0.25) is 0 Å². The van der Waals surface area contributed by atoms with Crippen LogP contribution in [0.4, 0.5) is 5.69 Å². The van der Waals surface area contributed by atoms with Gasteiger partial charge in [-0.25, -0.2) is 4.98 Å². The van der Waals surface area contributed by atoms with E-state index in [0.717, 1.165) is 48.0 Å². The van der Waals surface area contributed by atoms with Crippen molar-refractivity contribution in [2.45, 2.75) is 25.7 Å². The number of aryl methyl sites for hydroxylation is 2. The molecule has 1 aliphatic carbocycles. The van der Waals surface area contributed by atoms with E-state index in [9.17, 15) is 4.79 Å². The summed E-state index contributed by atoms with van der Waals surface area (Å²) >= 11 is 0. The van der Waals surface area contributed by atoms with E-state index in [2.05, 4.69) is 20.6 Å². The van der Waals surface area contributed by atoms with Crippen LogP contribution in [-0.2, 0) is 19.9 Å². The minimum Gasteiger partial charge on any atom is -0.360 e. The molecule has 0 fully saturated rings. The smallest absolute Gasteiger partial charge is 0.278 e. The van der Waals surface area contributed by atoms with Gasteiger partial charge in [-0.3, -0.25) is 9.48 Å². The van der Waals surface area contributed by atoms with E-state index < -0.39 is 0 Å². The topological polar surface area (TPSA) is 85.8 Å². The summed E-state index contributed by atoms with van der Waals surface area (Å²) < 4.78 is 6.97. The molecule has 0 aromatic carbocycles. The predicted octanol–water partition coefficient (Wildman–Crippen LogP) is 2.09. The molecular formula is C15H15N5O2. The van der Waals surface area contributed by atoms with Crippen LogP contribution in [0.25, 0.3) is 11.0 Å². The first kappa shape index (κ1) is 13.0. The maximum atomic E-state index is 12.5. The molecule has 7 heteroatoms. The number of fused-ring (bicyclic) bond motifs is 2. The van der Waals surface area contributed by atoms with Crippen LogP contribution in [0.1, 0.15) is 34.7 Å². The first-order valence-electron chi connectivity index (χ1n) is 7.29. The molecule has 0 saturated heterocycles. The molecule has 0 saturated carbocycles. The van der Waals surface area contributed by atoms with Crippen molar-refractivity contribution in [2.75, 3.05) is 5.32 Å². The van der Waals surface area contributed by atoms with Gasteiger partial charge in [0, 0.05) is 25.2 Å². The van der Waals surface area contributed by atoms with Gasteiger partial charge in [0.1, 0.15) is 5.76 Å². The van der Waals surface area contributed by atoms with Crippen LogP contribution in [0, 0.1) is 0 Å². The van der Waals surface area contributed by atoms with Crippen molar-refractivity contribution < 1.29 is 9.32 Å². The first-order chi connectivity index (χ1) is 10.7. The first-order valence-corrected chi connectivity index (χ1v) is 7.29. The number of rotatable bonds is 2. The standard InChI is InChI=1S/C15H15N5O2/c1-20-14-10(8-17-20)11(6-7-16-14)18-15(21)13-9-4-2-3-5-12(9)22-19-13/h6-8H,2-5H2,1H3,(H,16,18,21). The summed E-state index contributed by atoms with van der Waals surface area (Å²) in [6.45, 7) is 0. The molecule has 0 spiro atoms. The van der Waals surface area contributed by atoms with Crippen LogP contribution in [0.15, 0.2) is 23.0 Å². The monoisotopic (exact) mass is 297 g/mol. The summed E-state index contributed by atoms with van der Waals surface area (Å²) in [5.41, 5.74) is 2.74. The Hall–Kier alpha value is -2.70. The quantitative estimate of drug-likeness (QED) is 0.782. The van der Waals surface area contributed by atoms with Crippen molar-refractivity contribution in [2.24, 2.45) is 7.05 Å². The molecule has 0 bridgehead atoms. The number of carbonyl (C=O) groups is 1. The fraction of sp³-hybridized carbons (Fsp3) is 0.333. The maximum absolute atomic E-state index is 12.5. The molecule has 0 radical (unpaired) electrons. The van der Waals surface area contributed by atoms with Gasteiger partial charge in [-0.1, -0.05) is 5.16 Å². The molecule has 1 N–H and O–H groups in total. The summed E-state index contributed by atoms with van der Waals surface area (Å²) in [5.74, 6) is 0.598. The zero-order chi connectivity index (χ0) is 15.1. The molecule has 3 aromatic heterocycles. The van der Waals surface area contributed by atoms with E-state index in [0.29, 0.717) is 11.4 Å². The molecule has 1 amide bonds. The second kappa shape index (κ2) is 4.94. The molecule has 4 rings (SSSR count). The second-order valence-corrected chi connectivity index (χ2v) is 5.46. The Balaban J connectivity index is 1.68. The predicted molar refractivity (Wildman–Crippen MR) is 79.6 cm³/mol. The molecule has 3 aromatic rings. The number of nitrogens with one attached hydrogen (secondary N) is 1. The molecule has 0 unspecified atom stereocenters. The van der Waals surface area contributed by atoms with Gasteiger partial charge in [-0.05, 0) is 25.3 Å². The number of amides is 1. The van der Waals surface area contributed by atoms with Crippen molar-refractivity contribution in [3.8, 4) is 0 Å². The van der Waals surface area contributed by atoms with Gasteiger partial charge in [-0.2, -0.15) is 5.10 Å². The summed E-state index contributed by atoms with van der Waals surface area (Å²) in [6, 6.07) is 1.76. The normalized spacial score (nSPS) is 14.0. The van der Waals surface area contributed by atoms with Crippen molar-refractivity contribution >= 4 is 22.6 Å². The Labute approximate surface area is 126 Å². The third-order valence-electron chi connectivity index (χ3n) is 4.05. The number of hydrogen-bond donors (Lipinski definition) is 1. The molecule has 0 atom stereocenters. The number of nitrogens with zero attached hydrogens (tertiary/aromatic N) is 4. The Morgan fingerprint density at radius 2 is 2.23 bits per heavy atom. The Kier molecular flexibility index (Phi) is 2.92. The van der Waals surface area contributed by atoms with E-state index in [4.69, 9.17) is 4.52 Å². The second-order valence-electron chi connectivity index (χ2n) is 5.46. The van der Waals surface area contributed by atoms with E-state index in [1.54, 1.807) is 23.1 Å². The van der Waals surface area contributed by atoms with Crippen molar-refractivity contribution in [1.29, 1.82) is 0 Å². The SMILES string of the molecule is Cn1ncc2c(NC(=O)c3noc4c3CCCC4)ccnc21. The lowest BCUT2D eigenvalue weighted by Crippen LogP contribution is -2.15. The minimum atomic E-state index is -0.247. The summed E-state index contributed by atoms with van der Waals surface area (Å²) in [5, 5.41) is 11.8. The molecule has 22 heavy (non-hydrogen) atoms. The fourth-order valence-electron chi connectivity index (χ4n) is 2.90. The average Bonchev–Trinajstić information content (AvgIpc) is 3.12. The van der Waals surface area contributed by atoms with Crippen LogP contribution < -0.4 is 5.32 Å². The van der Waals surface area contributed by atoms with Gasteiger partial charge in [0.15, 0.2) is 11.3 Å². The number of carbonyl (C=O) groups excluding carboxylic acids is 1. The van der Waals surface area contributed by atoms with Crippen LogP contribution in [0.3, 0.4) is 0 Å². The number of pyridine rings is 1. The van der Waals surface area contributed by atoms with Gasteiger partial charge < -0.3 is 9.84 Å². The third kappa shape index (κ3) is 1.97. The number of anilines is 1. The molecular weight excluding hydrogens is 282 g/mol. The Morgan fingerprint density at radius 3 is 3.14 bits per heavy atom. The maximum Gasteiger partial charge on any atom is 0.278 e. The summed E-state index contributed by atoms with van der Waals surface area (Å²) in [4.78, 5) is 16.8. The highest BCUT2D eigenvalue weighted by molar-refractivity contribution is 6.07. The summed E-state index contributed by atoms with van der Waals surface area (Å²) in [6.07, 6.45) is 7.20. The van der Waals surface area contributed by atoms with Gasteiger partial charge >= 0.3 is 0 Å². The van der Waals surface area contributed by atoms with Gasteiger partial charge in [0.25, 0.3) is 5.91 Å².